The summed E-state index contributed by atoms with van der Waals surface area (Å²) in [5.41, 5.74) is 7.39. The first-order valence-corrected chi connectivity index (χ1v) is 6.27. The minimum atomic E-state index is -0.266. The van der Waals surface area contributed by atoms with Gasteiger partial charge in [-0.2, -0.15) is 0 Å². The Balaban J connectivity index is 1.73. The molecule has 7 heteroatoms. The first-order chi connectivity index (χ1) is 10.2. The van der Waals surface area contributed by atoms with Crippen molar-refractivity contribution in [2.45, 2.75) is 6.54 Å². The predicted molar refractivity (Wildman–Crippen MR) is 77.2 cm³/mol. The number of hydrogen-bond acceptors (Lipinski definition) is 6. The van der Waals surface area contributed by atoms with Crippen LogP contribution in [0.15, 0.2) is 43.1 Å². The summed E-state index contributed by atoms with van der Waals surface area (Å²) in [7, 11) is 0. The highest BCUT2D eigenvalue weighted by atomic mass is 16.1. The molecule has 0 spiro atoms. The molecule has 1 amide bonds. The molecule has 21 heavy (non-hydrogen) atoms. The van der Waals surface area contributed by atoms with E-state index in [4.69, 9.17) is 5.73 Å². The Bertz CT molecular complexity index is 787. The van der Waals surface area contributed by atoms with Gasteiger partial charge in [0.15, 0.2) is 0 Å². The van der Waals surface area contributed by atoms with Crippen LogP contribution in [0.4, 0.5) is 5.82 Å². The molecule has 0 aliphatic rings. The minimum absolute atomic E-state index is 0.266. The van der Waals surface area contributed by atoms with Crippen molar-refractivity contribution < 1.29 is 4.79 Å². The number of rotatable bonds is 3. The van der Waals surface area contributed by atoms with Crippen LogP contribution in [-0.4, -0.2) is 25.8 Å². The van der Waals surface area contributed by atoms with Gasteiger partial charge in [-0.1, -0.05) is 6.07 Å². The van der Waals surface area contributed by atoms with Gasteiger partial charge in [-0.25, -0.2) is 19.9 Å². The van der Waals surface area contributed by atoms with Crippen molar-refractivity contribution in [3.63, 3.8) is 0 Å². The fraction of sp³-hybridized carbons (Fsp3) is 0.0714. The Morgan fingerprint density at radius 2 is 2.05 bits per heavy atom. The number of aromatic nitrogens is 4. The molecule has 3 N–H and O–H groups in total. The number of hydrogen-bond donors (Lipinski definition) is 2. The molecule has 104 valence electrons. The standard InChI is InChI=1S/C14H12N6O/c15-13-2-1-9(4-18-13)5-19-14(21)11-3-10-6-16-8-20-12(10)7-17-11/h1-4,6-8H,5H2,(H2,15,18)(H,19,21). The Hall–Kier alpha value is -3.09. The lowest BCUT2D eigenvalue weighted by atomic mass is 10.2. The summed E-state index contributed by atoms with van der Waals surface area (Å²) in [6.45, 7) is 0.358. The topological polar surface area (TPSA) is 107 Å². The normalized spacial score (nSPS) is 10.5. The summed E-state index contributed by atoms with van der Waals surface area (Å²) in [5, 5.41) is 3.55. The lowest BCUT2D eigenvalue weighted by Crippen LogP contribution is -2.23. The highest BCUT2D eigenvalue weighted by Gasteiger charge is 2.08. The van der Waals surface area contributed by atoms with Gasteiger partial charge in [0.25, 0.3) is 5.91 Å². The van der Waals surface area contributed by atoms with E-state index in [-0.39, 0.29) is 5.91 Å². The SMILES string of the molecule is Nc1ccc(CNC(=O)c2cc3cncnc3cn2)cn1. The lowest BCUT2D eigenvalue weighted by molar-refractivity contribution is 0.0946. The molecular formula is C14H12N6O. The largest absolute Gasteiger partial charge is 0.384 e. The van der Waals surface area contributed by atoms with Gasteiger partial charge >= 0.3 is 0 Å². The molecule has 3 aromatic rings. The van der Waals surface area contributed by atoms with Crippen LogP contribution in [0.25, 0.3) is 10.9 Å². The molecule has 3 heterocycles. The van der Waals surface area contributed by atoms with E-state index in [1.165, 1.54) is 6.33 Å². The number of nitrogen functional groups attached to an aromatic ring is 1. The molecule has 0 saturated heterocycles. The highest BCUT2D eigenvalue weighted by Crippen LogP contribution is 2.09. The third-order valence-corrected chi connectivity index (χ3v) is 2.92. The molecule has 0 bridgehead atoms. The van der Waals surface area contributed by atoms with Crippen LogP contribution in [0.1, 0.15) is 16.1 Å². The third kappa shape index (κ3) is 2.92. The summed E-state index contributed by atoms with van der Waals surface area (Å²) < 4.78 is 0. The maximum Gasteiger partial charge on any atom is 0.270 e. The number of nitrogens with two attached hydrogens (primary N) is 1. The fourth-order valence-corrected chi connectivity index (χ4v) is 1.82. The first kappa shape index (κ1) is 12.9. The van der Waals surface area contributed by atoms with E-state index in [2.05, 4.69) is 25.3 Å². The molecule has 3 aromatic heterocycles. The summed E-state index contributed by atoms with van der Waals surface area (Å²) in [5.74, 6) is 0.179. The van der Waals surface area contributed by atoms with Crippen LogP contribution in [-0.2, 0) is 6.54 Å². The van der Waals surface area contributed by atoms with Crippen LogP contribution >= 0.6 is 0 Å². The molecule has 3 rings (SSSR count). The van der Waals surface area contributed by atoms with Crippen LogP contribution in [0, 0.1) is 0 Å². The quantitative estimate of drug-likeness (QED) is 0.739. The monoisotopic (exact) mass is 280 g/mol. The van der Waals surface area contributed by atoms with Gasteiger partial charge in [0.05, 0.1) is 11.7 Å². The summed E-state index contributed by atoms with van der Waals surface area (Å²) in [6.07, 6.45) is 6.26. The van der Waals surface area contributed by atoms with Crippen molar-refractivity contribution in [1.29, 1.82) is 0 Å². The Morgan fingerprint density at radius 3 is 2.86 bits per heavy atom. The molecule has 0 unspecified atom stereocenters. The van der Waals surface area contributed by atoms with Crippen molar-refractivity contribution in [1.82, 2.24) is 25.3 Å². The smallest absolute Gasteiger partial charge is 0.270 e. The van der Waals surface area contributed by atoms with E-state index in [0.717, 1.165) is 10.9 Å². The zero-order valence-electron chi connectivity index (χ0n) is 11.0. The van der Waals surface area contributed by atoms with E-state index < -0.39 is 0 Å². The van der Waals surface area contributed by atoms with Crippen LogP contribution in [0.3, 0.4) is 0 Å². The zero-order chi connectivity index (χ0) is 14.7. The number of fused-ring (bicyclic) bond motifs is 1. The van der Waals surface area contributed by atoms with Crippen LogP contribution < -0.4 is 11.1 Å². The number of carbonyl (C=O) groups is 1. The number of nitrogens with one attached hydrogen (secondary N) is 1. The number of nitrogens with zero attached hydrogens (tertiary/aromatic N) is 4. The van der Waals surface area contributed by atoms with Gasteiger partial charge in [-0.3, -0.25) is 4.79 Å². The van der Waals surface area contributed by atoms with Gasteiger partial charge in [0.2, 0.25) is 0 Å². The summed E-state index contributed by atoms with van der Waals surface area (Å²) in [4.78, 5) is 28.1. The second kappa shape index (κ2) is 5.49. The van der Waals surface area contributed by atoms with Crippen molar-refractivity contribution >= 4 is 22.6 Å². The van der Waals surface area contributed by atoms with E-state index in [1.54, 1.807) is 30.7 Å². The summed E-state index contributed by atoms with van der Waals surface area (Å²) >= 11 is 0. The number of amides is 1. The number of carbonyl (C=O) groups excluding carboxylic acids is 1. The van der Waals surface area contributed by atoms with Crippen molar-refractivity contribution in [2.24, 2.45) is 0 Å². The van der Waals surface area contributed by atoms with E-state index in [9.17, 15) is 4.79 Å². The second-order valence-electron chi connectivity index (χ2n) is 4.43. The zero-order valence-corrected chi connectivity index (χ0v) is 11.0. The number of pyridine rings is 2. The van der Waals surface area contributed by atoms with E-state index in [1.807, 2.05) is 6.07 Å². The van der Waals surface area contributed by atoms with Gasteiger partial charge in [0, 0.05) is 24.3 Å². The van der Waals surface area contributed by atoms with Gasteiger partial charge in [-0.05, 0) is 17.7 Å². The fourth-order valence-electron chi connectivity index (χ4n) is 1.82. The van der Waals surface area contributed by atoms with Gasteiger partial charge < -0.3 is 11.1 Å². The Labute approximate surface area is 120 Å². The van der Waals surface area contributed by atoms with Crippen LogP contribution in [0.2, 0.25) is 0 Å². The summed E-state index contributed by atoms with van der Waals surface area (Å²) in [6, 6.07) is 5.16. The maximum atomic E-state index is 12.1. The second-order valence-corrected chi connectivity index (χ2v) is 4.43. The van der Waals surface area contributed by atoms with E-state index in [0.29, 0.717) is 23.6 Å². The lowest BCUT2D eigenvalue weighted by Gasteiger charge is -2.05. The Morgan fingerprint density at radius 1 is 1.14 bits per heavy atom. The molecule has 0 fully saturated rings. The average Bonchev–Trinajstić information content (AvgIpc) is 2.53. The van der Waals surface area contributed by atoms with Gasteiger partial charge in [0.1, 0.15) is 17.8 Å². The first-order valence-electron chi connectivity index (χ1n) is 6.27. The molecule has 0 aliphatic heterocycles. The van der Waals surface area contributed by atoms with E-state index >= 15 is 0 Å². The van der Waals surface area contributed by atoms with Crippen molar-refractivity contribution in [2.75, 3.05) is 5.73 Å². The number of anilines is 1. The third-order valence-electron chi connectivity index (χ3n) is 2.92. The predicted octanol–water partition coefficient (Wildman–Crippen LogP) is 0.932. The molecule has 0 aliphatic carbocycles. The van der Waals surface area contributed by atoms with Crippen molar-refractivity contribution in [3.8, 4) is 0 Å². The molecule has 0 aromatic carbocycles. The molecule has 0 saturated carbocycles. The molecule has 0 radical (unpaired) electrons. The highest BCUT2D eigenvalue weighted by molar-refractivity contribution is 5.95. The van der Waals surface area contributed by atoms with Gasteiger partial charge in [-0.15, -0.1) is 0 Å². The molecule has 7 nitrogen and oxygen atoms in total. The maximum absolute atomic E-state index is 12.1. The average molecular weight is 280 g/mol. The van der Waals surface area contributed by atoms with Crippen molar-refractivity contribution in [3.05, 3.63) is 54.4 Å². The van der Waals surface area contributed by atoms with Crippen LogP contribution in [0.5, 0.6) is 0 Å². The molecular weight excluding hydrogens is 268 g/mol. The minimum Gasteiger partial charge on any atom is -0.384 e. The Kier molecular flexibility index (Phi) is 3.38. The molecule has 0 atom stereocenters.